The van der Waals surface area contributed by atoms with Crippen LogP contribution in [0.5, 0.6) is 0 Å². The van der Waals surface area contributed by atoms with E-state index in [-0.39, 0.29) is 16.7 Å². The maximum atomic E-state index is 13.0. The smallest absolute Gasteiger partial charge is 0.248 e. The summed E-state index contributed by atoms with van der Waals surface area (Å²) in [4.78, 5) is 26.8. The van der Waals surface area contributed by atoms with E-state index >= 15 is 0 Å². The van der Waals surface area contributed by atoms with Crippen LogP contribution in [-0.4, -0.2) is 36.9 Å². The average Bonchev–Trinajstić information content (AvgIpc) is 3.21. The van der Waals surface area contributed by atoms with Crippen LogP contribution < -0.4 is 10.5 Å². The zero-order chi connectivity index (χ0) is 20.8. The van der Waals surface area contributed by atoms with Gasteiger partial charge in [0.15, 0.2) is 0 Å². The SMILES string of the molecule is Cc1ccc([C@]23CCC(=O)N2[C@H](C(=O)Nc2cccc(S(N)(=O)=O)c2)CS3)cc1. The third-order valence-corrected chi connectivity index (χ3v) is 7.87. The van der Waals surface area contributed by atoms with Crippen molar-refractivity contribution >= 4 is 39.3 Å². The minimum atomic E-state index is -3.87. The molecule has 2 aliphatic heterocycles. The number of primary sulfonamides is 1. The molecule has 2 atom stereocenters. The molecule has 0 saturated carbocycles. The molecule has 0 radical (unpaired) electrons. The molecule has 9 heteroatoms. The summed E-state index contributed by atoms with van der Waals surface area (Å²) in [5, 5.41) is 7.90. The maximum Gasteiger partial charge on any atom is 0.248 e. The molecule has 2 aromatic carbocycles. The van der Waals surface area contributed by atoms with Crippen LogP contribution in [0.3, 0.4) is 0 Å². The Hall–Kier alpha value is -2.36. The zero-order valence-corrected chi connectivity index (χ0v) is 17.4. The number of benzene rings is 2. The van der Waals surface area contributed by atoms with Gasteiger partial charge in [-0.3, -0.25) is 9.59 Å². The fourth-order valence-electron chi connectivity index (χ4n) is 3.93. The predicted octanol–water partition coefficient (Wildman–Crippen LogP) is 2.17. The van der Waals surface area contributed by atoms with Gasteiger partial charge in [0.05, 0.1) is 4.90 Å². The molecule has 2 saturated heterocycles. The molecule has 29 heavy (non-hydrogen) atoms. The van der Waals surface area contributed by atoms with Gasteiger partial charge in [-0.05, 0) is 37.1 Å². The van der Waals surface area contributed by atoms with Gasteiger partial charge in [0.2, 0.25) is 21.8 Å². The number of thioether (sulfide) groups is 1. The predicted molar refractivity (Wildman–Crippen MR) is 112 cm³/mol. The lowest BCUT2D eigenvalue weighted by Gasteiger charge is -2.34. The van der Waals surface area contributed by atoms with Crippen LogP contribution in [0.15, 0.2) is 53.4 Å². The van der Waals surface area contributed by atoms with E-state index in [2.05, 4.69) is 5.32 Å². The number of rotatable bonds is 4. The summed E-state index contributed by atoms with van der Waals surface area (Å²) in [7, 11) is -3.87. The summed E-state index contributed by atoms with van der Waals surface area (Å²) in [6.07, 6.45) is 1.05. The number of fused-ring (bicyclic) bond motifs is 1. The van der Waals surface area contributed by atoms with Crippen molar-refractivity contribution in [2.45, 2.75) is 35.6 Å². The van der Waals surface area contributed by atoms with Crippen LogP contribution in [0, 0.1) is 6.92 Å². The fraction of sp³-hybridized carbons (Fsp3) is 0.300. The summed E-state index contributed by atoms with van der Waals surface area (Å²) in [5.41, 5.74) is 2.48. The summed E-state index contributed by atoms with van der Waals surface area (Å²) in [6, 6.07) is 13.2. The van der Waals surface area contributed by atoms with Gasteiger partial charge in [0, 0.05) is 17.9 Å². The highest BCUT2D eigenvalue weighted by atomic mass is 32.2. The van der Waals surface area contributed by atoms with E-state index in [1.165, 1.54) is 18.2 Å². The molecule has 2 aromatic rings. The Morgan fingerprint density at radius 1 is 1.24 bits per heavy atom. The minimum absolute atomic E-state index is 0.0472. The van der Waals surface area contributed by atoms with Gasteiger partial charge in [0.25, 0.3) is 0 Å². The quantitative estimate of drug-likeness (QED) is 0.771. The maximum absolute atomic E-state index is 13.0. The minimum Gasteiger partial charge on any atom is -0.324 e. The van der Waals surface area contributed by atoms with Crippen LogP contribution in [0.1, 0.15) is 24.0 Å². The van der Waals surface area contributed by atoms with Crippen molar-refractivity contribution in [1.29, 1.82) is 0 Å². The number of nitrogens with two attached hydrogens (primary N) is 1. The van der Waals surface area contributed by atoms with Crippen molar-refractivity contribution in [1.82, 2.24) is 4.90 Å². The highest BCUT2D eigenvalue weighted by molar-refractivity contribution is 8.00. The van der Waals surface area contributed by atoms with E-state index in [0.717, 1.165) is 11.1 Å². The fourth-order valence-corrected chi connectivity index (χ4v) is 6.14. The van der Waals surface area contributed by atoms with Crippen molar-refractivity contribution in [3.63, 3.8) is 0 Å². The molecule has 152 valence electrons. The van der Waals surface area contributed by atoms with Gasteiger partial charge < -0.3 is 10.2 Å². The Labute approximate surface area is 173 Å². The molecule has 2 heterocycles. The molecule has 0 unspecified atom stereocenters. The molecule has 2 aliphatic rings. The molecule has 2 amide bonds. The highest BCUT2D eigenvalue weighted by Crippen LogP contribution is 2.54. The first-order valence-corrected chi connectivity index (χ1v) is 11.7. The van der Waals surface area contributed by atoms with Gasteiger partial charge in [0.1, 0.15) is 10.9 Å². The Bertz CT molecular complexity index is 1090. The number of aryl methyl sites for hydroxylation is 1. The first-order chi connectivity index (χ1) is 13.7. The van der Waals surface area contributed by atoms with Crippen LogP contribution >= 0.6 is 11.8 Å². The Kier molecular flexibility index (Phi) is 4.92. The number of hydrogen-bond acceptors (Lipinski definition) is 5. The van der Waals surface area contributed by atoms with Crippen molar-refractivity contribution in [2.75, 3.05) is 11.1 Å². The van der Waals surface area contributed by atoms with Crippen molar-refractivity contribution in [2.24, 2.45) is 5.14 Å². The van der Waals surface area contributed by atoms with Gasteiger partial charge in [-0.2, -0.15) is 0 Å². The molecule has 0 aliphatic carbocycles. The summed E-state index contributed by atoms with van der Waals surface area (Å²) in [6.45, 7) is 2.01. The molecule has 0 spiro atoms. The first kappa shape index (κ1) is 19.9. The molecule has 2 fully saturated rings. The lowest BCUT2D eigenvalue weighted by atomic mass is 10.0. The number of amides is 2. The average molecular weight is 432 g/mol. The highest BCUT2D eigenvalue weighted by Gasteiger charge is 2.56. The van der Waals surface area contributed by atoms with Crippen LogP contribution in [0.2, 0.25) is 0 Å². The second kappa shape index (κ2) is 7.16. The van der Waals surface area contributed by atoms with Gasteiger partial charge in [-0.1, -0.05) is 35.9 Å². The zero-order valence-electron chi connectivity index (χ0n) is 15.8. The van der Waals surface area contributed by atoms with Crippen LogP contribution in [0.4, 0.5) is 5.69 Å². The van der Waals surface area contributed by atoms with Gasteiger partial charge >= 0.3 is 0 Å². The van der Waals surface area contributed by atoms with Crippen molar-refractivity contribution < 1.29 is 18.0 Å². The van der Waals surface area contributed by atoms with E-state index in [1.807, 2.05) is 31.2 Å². The third kappa shape index (κ3) is 3.54. The summed E-state index contributed by atoms with van der Waals surface area (Å²) < 4.78 is 23.1. The van der Waals surface area contributed by atoms with Gasteiger partial charge in [-0.25, -0.2) is 13.6 Å². The Morgan fingerprint density at radius 3 is 2.66 bits per heavy atom. The van der Waals surface area contributed by atoms with Crippen molar-refractivity contribution in [3.05, 3.63) is 59.7 Å². The van der Waals surface area contributed by atoms with E-state index in [1.54, 1.807) is 22.7 Å². The van der Waals surface area contributed by atoms with Gasteiger partial charge in [-0.15, -0.1) is 11.8 Å². The molecule has 3 N–H and O–H groups in total. The first-order valence-electron chi connectivity index (χ1n) is 9.18. The number of nitrogens with one attached hydrogen (secondary N) is 1. The lowest BCUT2D eigenvalue weighted by Crippen LogP contribution is -2.48. The second-order valence-corrected chi connectivity index (χ2v) is 10.2. The summed E-state index contributed by atoms with van der Waals surface area (Å²) in [5.74, 6) is 0.0858. The standard InChI is InChI=1S/C20H21N3O4S2/c1-13-5-7-14(8-6-13)20-10-9-18(24)23(20)17(12-28-20)19(25)22-15-3-2-4-16(11-15)29(21,26)27/h2-8,11,17H,9-10,12H2,1H3,(H,22,25)(H2,21,26,27)/t17-,20+/m0/s1. The number of sulfonamides is 1. The normalized spacial score (nSPS) is 23.9. The number of nitrogens with zero attached hydrogens (tertiary/aromatic N) is 1. The number of carbonyl (C=O) groups is 2. The number of anilines is 1. The monoisotopic (exact) mass is 431 g/mol. The van der Waals surface area contributed by atoms with E-state index in [4.69, 9.17) is 5.14 Å². The second-order valence-electron chi connectivity index (χ2n) is 7.30. The van der Waals surface area contributed by atoms with E-state index < -0.39 is 20.9 Å². The number of carbonyl (C=O) groups excluding carboxylic acids is 2. The lowest BCUT2D eigenvalue weighted by molar-refractivity contribution is -0.136. The molecular formula is C20H21N3O4S2. The Balaban J connectivity index is 1.60. The van der Waals surface area contributed by atoms with E-state index in [0.29, 0.717) is 24.3 Å². The molecule has 4 rings (SSSR count). The molecular weight excluding hydrogens is 410 g/mol. The number of hydrogen-bond donors (Lipinski definition) is 2. The summed E-state index contributed by atoms with van der Waals surface area (Å²) >= 11 is 1.61. The Morgan fingerprint density at radius 2 is 1.97 bits per heavy atom. The molecule has 7 nitrogen and oxygen atoms in total. The largest absolute Gasteiger partial charge is 0.324 e. The third-order valence-electron chi connectivity index (χ3n) is 5.36. The molecule has 0 bridgehead atoms. The van der Waals surface area contributed by atoms with E-state index in [9.17, 15) is 18.0 Å². The van der Waals surface area contributed by atoms with Crippen LogP contribution in [-0.2, 0) is 24.5 Å². The topological polar surface area (TPSA) is 110 Å². The molecule has 0 aromatic heterocycles. The van der Waals surface area contributed by atoms with Crippen LogP contribution in [0.25, 0.3) is 0 Å². The van der Waals surface area contributed by atoms with Crippen molar-refractivity contribution in [3.8, 4) is 0 Å².